The second-order valence-electron chi connectivity index (χ2n) is 3.36. The average Bonchev–Trinajstić information content (AvgIpc) is 2.64. The smallest absolute Gasteiger partial charge is 0.199 e. The van der Waals surface area contributed by atoms with Crippen LogP contribution in [-0.2, 0) is 7.05 Å². The lowest BCUT2D eigenvalue weighted by atomic mass is 10.1. The van der Waals surface area contributed by atoms with Crippen molar-refractivity contribution < 1.29 is 13.6 Å². The Morgan fingerprint density at radius 3 is 2.69 bits per heavy atom. The number of halogens is 2. The van der Waals surface area contributed by atoms with Gasteiger partial charge in [0.2, 0.25) is 0 Å². The molecule has 0 atom stereocenters. The molecule has 1 aromatic heterocycles. The van der Waals surface area contributed by atoms with Crippen LogP contribution in [0, 0.1) is 11.6 Å². The number of carbonyl (C=O) groups is 1. The number of rotatable bonds is 2. The Balaban J connectivity index is 2.41. The van der Waals surface area contributed by atoms with E-state index in [0.717, 1.165) is 12.1 Å². The summed E-state index contributed by atoms with van der Waals surface area (Å²) >= 11 is 0. The van der Waals surface area contributed by atoms with Crippen molar-refractivity contribution in [2.45, 2.75) is 0 Å². The van der Waals surface area contributed by atoms with Gasteiger partial charge in [-0.15, -0.1) is 0 Å². The normalized spacial score (nSPS) is 10.4. The highest BCUT2D eigenvalue weighted by Gasteiger charge is 2.15. The highest BCUT2D eigenvalue weighted by atomic mass is 19.1. The van der Waals surface area contributed by atoms with Crippen molar-refractivity contribution in [2.75, 3.05) is 0 Å². The van der Waals surface area contributed by atoms with E-state index in [1.54, 1.807) is 7.05 Å². The van der Waals surface area contributed by atoms with Crippen LogP contribution in [0.5, 0.6) is 0 Å². The predicted molar refractivity (Wildman–Crippen MR) is 53.0 cm³/mol. The second-order valence-corrected chi connectivity index (χ2v) is 3.36. The maximum Gasteiger partial charge on any atom is 0.199 e. The van der Waals surface area contributed by atoms with E-state index in [1.807, 2.05) is 0 Å². The van der Waals surface area contributed by atoms with Crippen molar-refractivity contribution in [3.63, 3.8) is 0 Å². The van der Waals surface area contributed by atoms with Crippen LogP contribution in [0.4, 0.5) is 8.78 Å². The number of aryl methyl sites for hydroxylation is 1. The van der Waals surface area contributed by atoms with Crippen LogP contribution >= 0.6 is 0 Å². The van der Waals surface area contributed by atoms with E-state index >= 15 is 0 Å². The molecule has 0 unspecified atom stereocenters. The third kappa shape index (κ3) is 1.84. The van der Waals surface area contributed by atoms with Gasteiger partial charge in [-0.1, -0.05) is 0 Å². The molecule has 82 valence electrons. The fourth-order valence-corrected chi connectivity index (χ4v) is 1.37. The lowest BCUT2D eigenvalue weighted by molar-refractivity contribution is 0.103. The Hall–Kier alpha value is -2.04. The first-order chi connectivity index (χ1) is 7.58. The summed E-state index contributed by atoms with van der Waals surface area (Å²) in [6.45, 7) is 0. The van der Waals surface area contributed by atoms with Gasteiger partial charge in [-0.2, -0.15) is 5.10 Å². The Morgan fingerprint density at radius 2 is 2.12 bits per heavy atom. The largest absolute Gasteiger partial charge is 0.288 e. The highest BCUT2D eigenvalue weighted by molar-refractivity contribution is 6.08. The van der Waals surface area contributed by atoms with E-state index in [1.165, 1.54) is 17.1 Å². The lowest BCUT2D eigenvalue weighted by Gasteiger charge is -1.99. The Morgan fingerprint density at radius 1 is 1.38 bits per heavy atom. The van der Waals surface area contributed by atoms with Crippen LogP contribution in [-0.4, -0.2) is 15.6 Å². The van der Waals surface area contributed by atoms with Gasteiger partial charge in [-0.3, -0.25) is 9.48 Å². The number of hydrogen-bond donors (Lipinski definition) is 0. The molecule has 0 aliphatic heterocycles. The number of nitrogens with zero attached hydrogens (tertiary/aromatic N) is 2. The molecule has 1 heterocycles. The van der Waals surface area contributed by atoms with Gasteiger partial charge in [0, 0.05) is 19.3 Å². The van der Waals surface area contributed by atoms with Gasteiger partial charge in [0.05, 0.1) is 17.3 Å². The summed E-state index contributed by atoms with van der Waals surface area (Å²) < 4.78 is 27.4. The zero-order valence-corrected chi connectivity index (χ0v) is 8.45. The molecular weight excluding hydrogens is 214 g/mol. The summed E-state index contributed by atoms with van der Waals surface area (Å²) in [7, 11) is 1.65. The molecule has 0 aliphatic rings. The molecule has 0 saturated heterocycles. The number of benzene rings is 1. The lowest BCUT2D eigenvalue weighted by Crippen LogP contribution is -2.03. The highest BCUT2D eigenvalue weighted by Crippen LogP contribution is 2.14. The van der Waals surface area contributed by atoms with Gasteiger partial charge in [-0.05, 0) is 12.1 Å². The molecule has 0 fully saturated rings. The molecule has 0 saturated carbocycles. The summed E-state index contributed by atoms with van der Waals surface area (Å²) in [6, 6.07) is 2.86. The van der Waals surface area contributed by atoms with Crippen molar-refractivity contribution in [1.29, 1.82) is 0 Å². The van der Waals surface area contributed by atoms with Gasteiger partial charge < -0.3 is 0 Å². The van der Waals surface area contributed by atoms with Gasteiger partial charge in [0.25, 0.3) is 0 Å². The molecule has 0 amide bonds. The van der Waals surface area contributed by atoms with Crippen LogP contribution in [0.3, 0.4) is 0 Å². The molecule has 0 N–H and O–H groups in total. The molecule has 2 rings (SSSR count). The van der Waals surface area contributed by atoms with E-state index in [0.29, 0.717) is 6.07 Å². The van der Waals surface area contributed by atoms with Gasteiger partial charge in [-0.25, -0.2) is 8.78 Å². The van der Waals surface area contributed by atoms with Crippen molar-refractivity contribution in [2.24, 2.45) is 7.05 Å². The van der Waals surface area contributed by atoms with Crippen LogP contribution in [0.15, 0.2) is 30.6 Å². The quantitative estimate of drug-likeness (QED) is 0.728. The molecule has 0 radical (unpaired) electrons. The summed E-state index contributed by atoms with van der Waals surface area (Å²) in [4.78, 5) is 11.8. The minimum absolute atomic E-state index is 0.158. The third-order valence-corrected chi connectivity index (χ3v) is 2.14. The second kappa shape index (κ2) is 3.84. The fourth-order valence-electron chi connectivity index (χ4n) is 1.37. The first-order valence-electron chi connectivity index (χ1n) is 4.56. The van der Waals surface area contributed by atoms with Crippen molar-refractivity contribution in [3.8, 4) is 0 Å². The SMILES string of the molecule is Cn1cc(C(=O)c2ccc(F)cc2F)cn1. The Bertz CT molecular complexity index is 549. The molecular formula is C11H8F2N2O. The molecule has 2 aromatic rings. The third-order valence-electron chi connectivity index (χ3n) is 2.14. The first kappa shape index (κ1) is 10.5. The minimum Gasteiger partial charge on any atom is -0.288 e. The molecule has 0 bridgehead atoms. The molecule has 0 spiro atoms. The van der Waals surface area contributed by atoms with Crippen molar-refractivity contribution in [3.05, 3.63) is 53.4 Å². The summed E-state index contributed by atoms with van der Waals surface area (Å²) in [6.07, 6.45) is 2.82. The molecule has 5 heteroatoms. The zero-order chi connectivity index (χ0) is 11.7. The predicted octanol–water partition coefficient (Wildman–Crippen LogP) is 1.93. The van der Waals surface area contributed by atoms with Crippen LogP contribution in [0.2, 0.25) is 0 Å². The molecule has 1 aromatic carbocycles. The zero-order valence-electron chi connectivity index (χ0n) is 8.45. The van der Waals surface area contributed by atoms with E-state index in [9.17, 15) is 13.6 Å². The maximum atomic E-state index is 13.3. The number of aromatic nitrogens is 2. The van der Waals surface area contributed by atoms with E-state index < -0.39 is 17.4 Å². The maximum absolute atomic E-state index is 13.3. The monoisotopic (exact) mass is 222 g/mol. The molecule has 3 nitrogen and oxygen atoms in total. The van der Waals surface area contributed by atoms with Crippen LogP contribution in [0.1, 0.15) is 15.9 Å². The summed E-state index contributed by atoms with van der Waals surface area (Å²) in [5, 5.41) is 3.81. The fraction of sp³-hybridized carbons (Fsp3) is 0.0909. The van der Waals surface area contributed by atoms with Gasteiger partial charge in [0.15, 0.2) is 5.78 Å². The standard InChI is InChI=1S/C11H8F2N2O/c1-15-6-7(5-14-15)11(16)9-3-2-8(12)4-10(9)13/h2-6H,1H3. The average molecular weight is 222 g/mol. The Kier molecular flexibility index (Phi) is 2.52. The van der Waals surface area contributed by atoms with E-state index in [4.69, 9.17) is 0 Å². The van der Waals surface area contributed by atoms with Gasteiger partial charge >= 0.3 is 0 Å². The van der Waals surface area contributed by atoms with Gasteiger partial charge in [0.1, 0.15) is 11.6 Å². The number of hydrogen-bond acceptors (Lipinski definition) is 2. The van der Waals surface area contributed by atoms with Crippen LogP contribution < -0.4 is 0 Å². The number of carbonyl (C=O) groups excluding carboxylic acids is 1. The summed E-state index contributed by atoms with van der Waals surface area (Å²) in [5.41, 5.74) is 0.113. The first-order valence-corrected chi connectivity index (χ1v) is 4.56. The number of ketones is 1. The summed E-state index contributed by atoms with van der Waals surface area (Å²) in [5.74, 6) is -2.08. The topological polar surface area (TPSA) is 34.9 Å². The Labute approximate surface area is 90.3 Å². The van der Waals surface area contributed by atoms with Crippen molar-refractivity contribution >= 4 is 5.78 Å². The van der Waals surface area contributed by atoms with Crippen molar-refractivity contribution in [1.82, 2.24) is 9.78 Å². The van der Waals surface area contributed by atoms with Crippen LogP contribution in [0.25, 0.3) is 0 Å². The molecule has 0 aliphatic carbocycles. The van der Waals surface area contributed by atoms with E-state index in [2.05, 4.69) is 5.10 Å². The molecule has 16 heavy (non-hydrogen) atoms. The van der Waals surface area contributed by atoms with E-state index in [-0.39, 0.29) is 11.1 Å². The minimum atomic E-state index is -0.867.